The van der Waals surface area contributed by atoms with Crippen LogP contribution in [-0.4, -0.2) is 61.0 Å². The number of nitrogens with zero attached hydrogens (tertiary/aromatic N) is 6. The zero-order valence-electron chi connectivity index (χ0n) is 13.7. The molecule has 0 aromatic carbocycles. The Balaban J connectivity index is 1.50. The Bertz CT molecular complexity index is 1020. The number of anilines is 1. The Morgan fingerprint density at radius 1 is 1.19 bits per heavy atom. The number of pyridine rings is 2. The zero-order valence-corrected chi connectivity index (χ0v) is 15.2. The average Bonchev–Trinajstić information content (AvgIpc) is 3.35. The number of hydrogen-bond acceptors (Lipinski definition) is 5. The van der Waals surface area contributed by atoms with Crippen LogP contribution in [-0.2, 0) is 0 Å². The van der Waals surface area contributed by atoms with Gasteiger partial charge in [-0.05, 0) is 40.5 Å². The first-order valence-corrected chi connectivity index (χ1v) is 9.13. The van der Waals surface area contributed by atoms with Gasteiger partial charge >= 0.3 is 6.09 Å². The maximum absolute atomic E-state index is 11.3. The van der Waals surface area contributed by atoms with Crippen molar-refractivity contribution in [1.29, 1.82) is 0 Å². The lowest BCUT2D eigenvalue weighted by Crippen LogP contribution is -2.48. The molecule has 2 saturated heterocycles. The average molecular weight is 415 g/mol. The number of carbonyl (C=O) groups is 1. The molecule has 2 fully saturated rings. The van der Waals surface area contributed by atoms with Crippen LogP contribution in [0.2, 0.25) is 0 Å². The molecule has 2 atom stereocenters. The van der Waals surface area contributed by atoms with Gasteiger partial charge in [0.2, 0.25) is 0 Å². The molecule has 0 spiro atoms. The van der Waals surface area contributed by atoms with Gasteiger partial charge in [-0.1, -0.05) is 0 Å². The van der Waals surface area contributed by atoms with Crippen LogP contribution >= 0.6 is 15.9 Å². The molecule has 0 saturated carbocycles. The second-order valence-corrected chi connectivity index (χ2v) is 7.33. The normalized spacial score (nSPS) is 21.7. The molecule has 2 aliphatic rings. The molecule has 2 bridgehead atoms. The van der Waals surface area contributed by atoms with Gasteiger partial charge in [-0.3, -0.25) is 4.98 Å². The van der Waals surface area contributed by atoms with E-state index in [-0.39, 0.29) is 12.1 Å². The van der Waals surface area contributed by atoms with E-state index < -0.39 is 6.09 Å². The van der Waals surface area contributed by atoms with Crippen molar-refractivity contribution in [1.82, 2.24) is 24.6 Å². The van der Waals surface area contributed by atoms with Crippen molar-refractivity contribution in [3.05, 3.63) is 41.3 Å². The predicted molar refractivity (Wildman–Crippen MR) is 98.6 cm³/mol. The zero-order chi connectivity index (χ0) is 17.8. The van der Waals surface area contributed by atoms with Crippen molar-refractivity contribution >= 4 is 38.9 Å². The van der Waals surface area contributed by atoms with Gasteiger partial charge < -0.3 is 14.9 Å². The van der Waals surface area contributed by atoms with Crippen LogP contribution in [0.1, 0.15) is 6.42 Å². The molecule has 2 aliphatic heterocycles. The van der Waals surface area contributed by atoms with Crippen LogP contribution < -0.4 is 4.90 Å². The summed E-state index contributed by atoms with van der Waals surface area (Å²) in [5.41, 5.74) is 2.62. The number of likely N-dealkylation sites (tertiary alicyclic amines) is 1. The molecular weight excluding hydrogens is 400 g/mol. The van der Waals surface area contributed by atoms with E-state index in [9.17, 15) is 9.90 Å². The number of halogens is 1. The Labute approximate surface area is 157 Å². The maximum Gasteiger partial charge on any atom is 0.407 e. The number of fused-ring (bicyclic) bond motifs is 3. The Kier molecular flexibility index (Phi) is 3.39. The molecule has 132 valence electrons. The first-order chi connectivity index (χ1) is 12.6. The van der Waals surface area contributed by atoms with E-state index in [0.29, 0.717) is 17.7 Å². The lowest BCUT2D eigenvalue weighted by Gasteiger charge is -2.33. The van der Waals surface area contributed by atoms with Crippen molar-refractivity contribution in [3.63, 3.8) is 0 Å². The highest BCUT2D eigenvalue weighted by atomic mass is 79.9. The number of amides is 1. The summed E-state index contributed by atoms with van der Waals surface area (Å²) in [6, 6.07) is 8.00. The van der Waals surface area contributed by atoms with Crippen molar-refractivity contribution in [2.24, 2.45) is 0 Å². The van der Waals surface area contributed by atoms with Crippen LogP contribution in [0.4, 0.5) is 10.6 Å². The quantitative estimate of drug-likeness (QED) is 0.692. The van der Waals surface area contributed by atoms with E-state index in [0.717, 1.165) is 29.0 Å². The van der Waals surface area contributed by atoms with Crippen LogP contribution in [0.15, 0.2) is 41.3 Å². The molecule has 1 amide bonds. The minimum atomic E-state index is -0.834. The van der Waals surface area contributed by atoms with Crippen LogP contribution in [0.3, 0.4) is 0 Å². The van der Waals surface area contributed by atoms with E-state index in [1.165, 1.54) is 4.90 Å². The van der Waals surface area contributed by atoms with Crippen molar-refractivity contribution in [2.75, 3.05) is 18.0 Å². The summed E-state index contributed by atoms with van der Waals surface area (Å²) in [6.45, 7) is 1.21. The molecule has 9 heteroatoms. The monoisotopic (exact) mass is 414 g/mol. The maximum atomic E-state index is 11.3. The second kappa shape index (κ2) is 5.66. The van der Waals surface area contributed by atoms with Gasteiger partial charge in [-0.25, -0.2) is 14.5 Å². The van der Waals surface area contributed by atoms with Crippen LogP contribution in [0.25, 0.3) is 16.7 Å². The molecule has 5 heterocycles. The first-order valence-electron chi connectivity index (χ1n) is 8.33. The number of rotatable bonds is 2. The third kappa shape index (κ3) is 2.27. The van der Waals surface area contributed by atoms with Crippen molar-refractivity contribution < 1.29 is 9.90 Å². The summed E-state index contributed by atoms with van der Waals surface area (Å²) in [7, 11) is 0. The van der Waals surface area contributed by atoms with Crippen molar-refractivity contribution in [3.8, 4) is 5.69 Å². The van der Waals surface area contributed by atoms with Gasteiger partial charge in [0.1, 0.15) is 11.3 Å². The molecule has 0 aliphatic carbocycles. The fourth-order valence-corrected chi connectivity index (χ4v) is 4.45. The third-order valence-electron chi connectivity index (χ3n) is 5.15. The highest BCUT2D eigenvalue weighted by Gasteiger charge is 2.45. The molecule has 0 radical (unpaired) electrons. The lowest BCUT2D eigenvalue weighted by molar-refractivity contribution is 0.137. The van der Waals surface area contributed by atoms with E-state index >= 15 is 0 Å². The highest BCUT2D eigenvalue weighted by Crippen LogP contribution is 2.34. The van der Waals surface area contributed by atoms with Crippen LogP contribution in [0, 0.1) is 0 Å². The number of piperazine rings is 1. The standard InChI is InChI=1S/C17H15BrN6O2/c18-16-15-13(2-1-4-20-15)24(21-16)10-3-5-19-14(7-10)22-8-12-6-11(22)9-23(12)17(25)26/h1-5,7,11-12H,6,8-9H2,(H,25,26)/t11-,12-/m0/s1. The summed E-state index contributed by atoms with van der Waals surface area (Å²) in [4.78, 5) is 23.9. The van der Waals surface area contributed by atoms with Gasteiger partial charge in [0.05, 0.1) is 23.3 Å². The molecule has 1 N–H and O–H groups in total. The van der Waals surface area contributed by atoms with Crippen LogP contribution in [0.5, 0.6) is 0 Å². The predicted octanol–water partition coefficient (Wildman–Crippen LogP) is 2.52. The van der Waals surface area contributed by atoms with Gasteiger partial charge in [0.25, 0.3) is 0 Å². The molecular formula is C17H15BrN6O2. The fourth-order valence-electron chi connectivity index (χ4n) is 3.99. The molecule has 5 rings (SSSR count). The van der Waals surface area contributed by atoms with Gasteiger partial charge in [0.15, 0.2) is 4.60 Å². The molecule has 3 aromatic heterocycles. The Hall–Kier alpha value is -2.68. The SMILES string of the molecule is O=C(O)N1C[C@@H]2C[C@H]1CN2c1cc(-n2nc(Br)c3ncccc32)ccn1. The smallest absolute Gasteiger partial charge is 0.407 e. The minimum absolute atomic E-state index is 0.0480. The van der Waals surface area contributed by atoms with E-state index in [1.807, 2.05) is 28.9 Å². The second-order valence-electron chi connectivity index (χ2n) is 6.58. The largest absolute Gasteiger partial charge is 0.465 e. The fraction of sp³-hybridized carbons (Fsp3) is 0.294. The third-order valence-corrected chi connectivity index (χ3v) is 5.69. The number of carboxylic acid groups (broad SMARTS) is 1. The molecule has 3 aromatic rings. The summed E-state index contributed by atoms with van der Waals surface area (Å²) < 4.78 is 2.54. The van der Waals surface area contributed by atoms with Crippen molar-refractivity contribution in [2.45, 2.75) is 18.5 Å². The minimum Gasteiger partial charge on any atom is -0.465 e. The summed E-state index contributed by atoms with van der Waals surface area (Å²) >= 11 is 3.46. The van der Waals surface area contributed by atoms with E-state index in [4.69, 9.17) is 0 Å². The molecule has 8 nitrogen and oxygen atoms in total. The topological polar surface area (TPSA) is 87.4 Å². The molecule has 0 unspecified atom stereocenters. The first kappa shape index (κ1) is 15.6. The van der Waals surface area contributed by atoms with Gasteiger partial charge in [0, 0.05) is 31.5 Å². The Morgan fingerprint density at radius 3 is 2.85 bits per heavy atom. The Morgan fingerprint density at radius 2 is 2.08 bits per heavy atom. The lowest BCUT2D eigenvalue weighted by atomic mass is 10.2. The summed E-state index contributed by atoms with van der Waals surface area (Å²) in [5, 5.41) is 13.8. The highest BCUT2D eigenvalue weighted by molar-refractivity contribution is 9.10. The van der Waals surface area contributed by atoms with Gasteiger partial charge in [-0.2, -0.15) is 5.10 Å². The molecule has 26 heavy (non-hydrogen) atoms. The summed E-state index contributed by atoms with van der Waals surface area (Å²) in [5.74, 6) is 0.851. The summed E-state index contributed by atoms with van der Waals surface area (Å²) in [6.07, 6.45) is 3.54. The van der Waals surface area contributed by atoms with Gasteiger partial charge in [-0.15, -0.1) is 0 Å². The number of hydrogen-bond donors (Lipinski definition) is 1. The van der Waals surface area contributed by atoms with E-state index in [1.54, 1.807) is 12.4 Å². The van der Waals surface area contributed by atoms with E-state index in [2.05, 4.69) is 35.9 Å². The number of aromatic nitrogens is 4.